The molecule has 106 valence electrons. The van der Waals surface area contributed by atoms with Crippen molar-refractivity contribution in [3.8, 4) is 0 Å². The summed E-state index contributed by atoms with van der Waals surface area (Å²) in [5.74, 6) is -0.326. The van der Waals surface area contributed by atoms with Gasteiger partial charge < -0.3 is 0 Å². The molecule has 1 aromatic heterocycles. The molecule has 0 aliphatic heterocycles. The molecule has 0 saturated carbocycles. The number of benzene rings is 2. The number of aromatic nitrogens is 2. The molecule has 0 aliphatic carbocycles. The van der Waals surface area contributed by atoms with Crippen molar-refractivity contribution >= 4 is 42.8 Å². The number of nitrogens with zero attached hydrogens (tertiary/aromatic N) is 2. The van der Waals surface area contributed by atoms with Crippen LogP contribution in [-0.2, 0) is 6.54 Å². The van der Waals surface area contributed by atoms with E-state index in [9.17, 15) is 9.18 Å². The maximum Gasteiger partial charge on any atom is 0.261 e. The Balaban J connectivity index is 2.05. The Morgan fingerprint density at radius 3 is 2.71 bits per heavy atom. The van der Waals surface area contributed by atoms with E-state index in [0.29, 0.717) is 21.9 Å². The van der Waals surface area contributed by atoms with Crippen LogP contribution in [-0.4, -0.2) is 9.55 Å². The lowest BCUT2D eigenvalue weighted by Gasteiger charge is -2.07. The molecule has 3 aromatic rings. The fourth-order valence-corrected chi connectivity index (χ4v) is 2.85. The van der Waals surface area contributed by atoms with Gasteiger partial charge in [-0.05, 0) is 51.8 Å². The van der Waals surface area contributed by atoms with E-state index in [1.807, 2.05) is 6.07 Å². The second-order valence-electron chi connectivity index (χ2n) is 4.59. The van der Waals surface area contributed by atoms with Crippen LogP contribution in [0.2, 0.25) is 0 Å². The van der Waals surface area contributed by atoms with Crippen molar-refractivity contribution in [2.75, 3.05) is 0 Å². The van der Waals surface area contributed by atoms with E-state index in [0.717, 1.165) is 10.0 Å². The van der Waals surface area contributed by atoms with Crippen molar-refractivity contribution in [2.45, 2.75) is 6.54 Å². The van der Waals surface area contributed by atoms with Crippen LogP contribution in [0.25, 0.3) is 10.9 Å². The maximum absolute atomic E-state index is 13.2. The maximum atomic E-state index is 13.2. The summed E-state index contributed by atoms with van der Waals surface area (Å²) >= 11 is 6.50. The fraction of sp³-hybridized carbons (Fsp3) is 0.0667. The minimum atomic E-state index is -0.326. The molecule has 0 fully saturated rings. The summed E-state index contributed by atoms with van der Waals surface area (Å²) in [6.07, 6.45) is 1.51. The summed E-state index contributed by atoms with van der Waals surface area (Å²) in [5, 5.41) is 0.557. The summed E-state index contributed by atoms with van der Waals surface area (Å²) < 4.78 is 16.0. The number of fused-ring (bicyclic) bond motifs is 1. The van der Waals surface area contributed by atoms with Crippen molar-refractivity contribution in [1.29, 1.82) is 0 Å². The molecule has 3 rings (SSSR count). The van der Waals surface area contributed by atoms with E-state index < -0.39 is 0 Å². The van der Waals surface area contributed by atoms with Gasteiger partial charge in [0, 0.05) is 4.47 Å². The normalized spacial score (nSPS) is 11.0. The van der Waals surface area contributed by atoms with Crippen molar-refractivity contribution in [1.82, 2.24) is 9.55 Å². The van der Waals surface area contributed by atoms with Gasteiger partial charge in [-0.15, -0.1) is 0 Å². The largest absolute Gasteiger partial charge is 0.294 e. The lowest BCUT2D eigenvalue weighted by Crippen LogP contribution is -2.21. The van der Waals surface area contributed by atoms with Crippen LogP contribution in [0, 0.1) is 5.82 Å². The number of halogens is 3. The Kier molecular flexibility index (Phi) is 3.91. The molecule has 0 atom stereocenters. The summed E-state index contributed by atoms with van der Waals surface area (Å²) in [5.41, 5.74) is 1.35. The molecule has 0 radical (unpaired) electrons. The van der Waals surface area contributed by atoms with Gasteiger partial charge in [-0.25, -0.2) is 9.37 Å². The predicted molar refractivity (Wildman–Crippen MR) is 86.9 cm³/mol. The standard InChI is InChI=1S/C15H9Br2FN2O/c16-10-2-3-11-14(6-10)19-8-20(15(11)21)7-9-1-4-13(18)12(17)5-9/h1-6,8H,7H2. The lowest BCUT2D eigenvalue weighted by atomic mass is 10.2. The van der Waals surface area contributed by atoms with Gasteiger partial charge in [0.2, 0.25) is 0 Å². The molecule has 1 heterocycles. The second-order valence-corrected chi connectivity index (χ2v) is 6.36. The SMILES string of the molecule is O=c1c2ccc(Br)cc2ncn1Cc1ccc(F)c(Br)c1. The van der Waals surface area contributed by atoms with E-state index in [2.05, 4.69) is 36.8 Å². The Morgan fingerprint density at radius 1 is 1.14 bits per heavy atom. The van der Waals surface area contributed by atoms with Crippen LogP contribution >= 0.6 is 31.9 Å². The number of rotatable bonds is 2. The summed E-state index contributed by atoms with van der Waals surface area (Å²) in [6, 6.07) is 10.0. The van der Waals surface area contributed by atoms with Gasteiger partial charge in [0.1, 0.15) is 5.82 Å². The first-order valence-corrected chi connectivity index (χ1v) is 7.72. The number of hydrogen-bond donors (Lipinski definition) is 0. The highest BCUT2D eigenvalue weighted by molar-refractivity contribution is 9.10. The fourth-order valence-electron chi connectivity index (χ4n) is 2.08. The first kappa shape index (κ1) is 14.4. The van der Waals surface area contributed by atoms with Crippen LogP contribution < -0.4 is 5.56 Å². The van der Waals surface area contributed by atoms with Crippen molar-refractivity contribution in [2.24, 2.45) is 0 Å². The summed E-state index contributed by atoms with van der Waals surface area (Å²) in [7, 11) is 0. The second kappa shape index (κ2) is 5.69. The number of hydrogen-bond acceptors (Lipinski definition) is 2. The highest BCUT2D eigenvalue weighted by Crippen LogP contribution is 2.18. The average molecular weight is 412 g/mol. The molecule has 6 heteroatoms. The van der Waals surface area contributed by atoms with Crippen LogP contribution in [0.1, 0.15) is 5.56 Å². The molecule has 0 amide bonds. The van der Waals surface area contributed by atoms with Gasteiger partial charge in [0.25, 0.3) is 5.56 Å². The summed E-state index contributed by atoms with van der Waals surface area (Å²) in [4.78, 5) is 16.7. The molecule has 21 heavy (non-hydrogen) atoms. The third-order valence-corrected chi connectivity index (χ3v) is 4.23. The molecule has 0 spiro atoms. The van der Waals surface area contributed by atoms with Crippen molar-refractivity contribution in [3.63, 3.8) is 0 Å². The smallest absolute Gasteiger partial charge is 0.261 e. The van der Waals surface area contributed by atoms with Gasteiger partial charge in [-0.2, -0.15) is 0 Å². The minimum absolute atomic E-state index is 0.118. The van der Waals surface area contributed by atoms with Gasteiger partial charge in [0.15, 0.2) is 0 Å². The van der Waals surface area contributed by atoms with E-state index in [1.165, 1.54) is 17.0 Å². The molecule has 0 unspecified atom stereocenters. The molecule has 0 saturated heterocycles. The quantitative estimate of drug-likeness (QED) is 0.636. The third-order valence-electron chi connectivity index (χ3n) is 3.12. The molecular formula is C15H9Br2FN2O. The first-order chi connectivity index (χ1) is 10.0. The van der Waals surface area contributed by atoms with Crippen LogP contribution in [0.3, 0.4) is 0 Å². The molecule has 2 aromatic carbocycles. The van der Waals surface area contributed by atoms with E-state index in [1.54, 1.807) is 24.3 Å². The van der Waals surface area contributed by atoms with Crippen LogP contribution in [0.5, 0.6) is 0 Å². The lowest BCUT2D eigenvalue weighted by molar-refractivity contribution is 0.619. The zero-order valence-electron chi connectivity index (χ0n) is 10.7. The highest BCUT2D eigenvalue weighted by atomic mass is 79.9. The Hall–Kier alpha value is -1.53. The van der Waals surface area contributed by atoms with E-state index in [4.69, 9.17) is 0 Å². The molecule has 0 N–H and O–H groups in total. The van der Waals surface area contributed by atoms with Crippen LogP contribution in [0.4, 0.5) is 4.39 Å². The third kappa shape index (κ3) is 2.91. The zero-order valence-corrected chi connectivity index (χ0v) is 13.9. The van der Waals surface area contributed by atoms with Crippen molar-refractivity contribution < 1.29 is 4.39 Å². The molecule has 0 aliphatic rings. The topological polar surface area (TPSA) is 34.9 Å². The summed E-state index contributed by atoms with van der Waals surface area (Å²) in [6.45, 7) is 0.344. The van der Waals surface area contributed by atoms with Gasteiger partial charge >= 0.3 is 0 Å². The Labute approximate surface area is 136 Å². The Morgan fingerprint density at radius 2 is 1.95 bits per heavy atom. The minimum Gasteiger partial charge on any atom is -0.294 e. The highest BCUT2D eigenvalue weighted by Gasteiger charge is 2.06. The molecular weight excluding hydrogens is 403 g/mol. The Bertz CT molecular complexity index is 892. The zero-order chi connectivity index (χ0) is 15.0. The first-order valence-electron chi connectivity index (χ1n) is 6.13. The van der Waals surface area contributed by atoms with Crippen LogP contribution in [0.15, 0.2) is 56.5 Å². The monoisotopic (exact) mass is 410 g/mol. The average Bonchev–Trinajstić information content (AvgIpc) is 2.46. The predicted octanol–water partition coefficient (Wildman–Crippen LogP) is 4.11. The van der Waals surface area contributed by atoms with Gasteiger partial charge in [0.05, 0.1) is 28.2 Å². The molecule has 3 nitrogen and oxygen atoms in total. The van der Waals surface area contributed by atoms with E-state index in [-0.39, 0.29) is 11.4 Å². The molecule has 0 bridgehead atoms. The van der Waals surface area contributed by atoms with Gasteiger partial charge in [-0.1, -0.05) is 22.0 Å². The van der Waals surface area contributed by atoms with Gasteiger partial charge in [-0.3, -0.25) is 9.36 Å². The van der Waals surface area contributed by atoms with E-state index >= 15 is 0 Å². The van der Waals surface area contributed by atoms with Crippen molar-refractivity contribution in [3.05, 3.63) is 73.4 Å².